The van der Waals surface area contributed by atoms with E-state index in [-0.39, 0.29) is 5.78 Å². The molecule has 4 heteroatoms. The molecule has 0 saturated carbocycles. The topological polar surface area (TPSA) is 63.0 Å². The second kappa shape index (κ2) is 5.32. The van der Waals surface area contributed by atoms with Crippen LogP contribution >= 0.6 is 0 Å². The van der Waals surface area contributed by atoms with Gasteiger partial charge in [-0.3, -0.25) is 4.79 Å². The molecule has 0 spiro atoms. The van der Waals surface area contributed by atoms with Crippen molar-refractivity contribution in [3.63, 3.8) is 0 Å². The fourth-order valence-corrected chi connectivity index (χ4v) is 1.83. The quantitative estimate of drug-likeness (QED) is 0.788. The molecule has 0 saturated heterocycles. The van der Waals surface area contributed by atoms with Crippen LogP contribution in [0.4, 0.5) is 0 Å². The lowest BCUT2D eigenvalue weighted by Crippen LogP contribution is -1.95. The molecule has 94 valence electrons. The first-order valence-corrected chi connectivity index (χ1v) is 5.72. The van der Waals surface area contributed by atoms with Gasteiger partial charge >= 0.3 is 0 Å². The predicted molar refractivity (Wildman–Crippen MR) is 70.9 cm³/mol. The van der Waals surface area contributed by atoms with Gasteiger partial charge in [-0.2, -0.15) is 5.26 Å². The van der Waals surface area contributed by atoms with Crippen LogP contribution in [0.5, 0.6) is 5.88 Å². The highest BCUT2D eigenvalue weighted by atomic mass is 16.5. The highest BCUT2D eigenvalue weighted by Crippen LogP contribution is 2.28. The van der Waals surface area contributed by atoms with E-state index in [1.807, 2.05) is 12.1 Å². The zero-order valence-electron chi connectivity index (χ0n) is 10.7. The molecule has 0 radical (unpaired) electrons. The molecule has 0 amide bonds. The molecule has 0 aliphatic heterocycles. The number of hydrogen-bond acceptors (Lipinski definition) is 4. The lowest BCUT2D eigenvalue weighted by Gasteiger charge is -2.07. The molecule has 4 nitrogen and oxygen atoms in total. The molecule has 0 fully saturated rings. The van der Waals surface area contributed by atoms with Gasteiger partial charge in [-0.05, 0) is 18.6 Å². The Labute approximate surface area is 111 Å². The minimum atomic E-state index is 0.0133. The third-order valence-corrected chi connectivity index (χ3v) is 2.82. The number of nitriles is 1. The van der Waals surface area contributed by atoms with Crippen molar-refractivity contribution in [3.05, 3.63) is 47.7 Å². The third kappa shape index (κ3) is 2.45. The van der Waals surface area contributed by atoms with Gasteiger partial charge in [-0.25, -0.2) is 4.98 Å². The fraction of sp³-hybridized carbons (Fsp3) is 0.133. The highest BCUT2D eigenvalue weighted by Gasteiger charge is 2.11. The van der Waals surface area contributed by atoms with E-state index < -0.39 is 0 Å². The van der Waals surface area contributed by atoms with Gasteiger partial charge in [0.05, 0.1) is 7.11 Å². The fourth-order valence-electron chi connectivity index (χ4n) is 1.83. The number of Topliss-reactive ketones (excluding diaryl/α,β-unsaturated/α-hetero) is 1. The van der Waals surface area contributed by atoms with Crippen molar-refractivity contribution >= 4 is 5.78 Å². The maximum Gasteiger partial charge on any atom is 0.232 e. The van der Waals surface area contributed by atoms with E-state index in [9.17, 15) is 10.1 Å². The van der Waals surface area contributed by atoms with Crippen molar-refractivity contribution in [1.82, 2.24) is 4.98 Å². The van der Waals surface area contributed by atoms with Gasteiger partial charge in [0.2, 0.25) is 5.88 Å². The molecule has 0 unspecified atom stereocenters. The summed E-state index contributed by atoms with van der Waals surface area (Å²) < 4.78 is 5.07. The molecule has 0 N–H and O–H groups in total. The summed E-state index contributed by atoms with van der Waals surface area (Å²) in [6, 6.07) is 11.0. The molecule has 19 heavy (non-hydrogen) atoms. The van der Waals surface area contributed by atoms with Crippen LogP contribution in [0.15, 0.2) is 36.5 Å². The van der Waals surface area contributed by atoms with E-state index in [1.54, 1.807) is 24.4 Å². The van der Waals surface area contributed by atoms with Gasteiger partial charge in [-0.1, -0.05) is 24.3 Å². The minimum absolute atomic E-state index is 0.0133. The van der Waals surface area contributed by atoms with Gasteiger partial charge in [-0.15, -0.1) is 0 Å². The van der Waals surface area contributed by atoms with Crippen molar-refractivity contribution in [1.29, 1.82) is 5.26 Å². The molecule has 1 aromatic heterocycles. The van der Waals surface area contributed by atoms with Crippen molar-refractivity contribution in [3.8, 4) is 23.1 Å². The third-order valence-electron chi connectivity index (χ3n) is 2.82. The van der Waals surface area contributed by atoms with Crippen LogP contribution in [0.2, 0.25) is 0 Å². The Balaban J connectivity index is 2.53. The zero-order valence-corrected chi connectivity index (χ0v) is 10.7. The first-order valence-electron chi connectivity index (χ1n) is 5.72. The largest absolute Gasteiger partial charge is 0.480 e. The maximum absolute atomic E-state index is 11.2. The van der Waals surface area contributed by atoms with Crippen LogP contribution in [0.3, 0.4) is 0 Å². The summed E-state index contributed by atoms with van der Waals surface area (Å²) in [7, 11) is 1.48. The smallest absolute Gasteiger partial charge is 0.232 e. The molecular weight excluding hydrogens is 240 g/mol. The number of benzene rings is 1. The first-order chi connectivity index (χ1) is 9.17. The van der Waals surface area contributed by atoms with Gasteiger partial charge in [0.1, 0.15) is 11.6 Å². The SMILES string of the molecule is COc1nccc(-c2ccc(C(C)=O)cc2)c1C#N. The highest BCUT2D eigenvalue weighted by molar-refractivity contribution is 5.94. The normalized spacial score (nSPS) is 9.74. The molecule has 1 aromatic carbocycles. The van der Waals surface area contributed by atoms with Crippen molar-refractivity contribution in [2.24, 2.45) is 0 Å². The second-order valence-corrected chi connectivity index (χ2v) is 3.99. The zero-order chi connectivity index (χ0) is 13.8. The Hall–Kier alpha value is -2.67. The Morgan fingerprint density at radius 2 is 1.95 bits per heavy atom. The monoisotopic (exact) mass is 252 g/mol. The number of ketones is 1. The van der Waals surface area contributed by atoms with Crippen LogP contribution in [0.1, 0.15) is 22.8 Å². The molecule has 1 heterocycles. The number of methoxy groups -OCH3 is 1. The summed E-state index contributed by atoms with van der Waals surface area (Å²) in [4.78, 5) is 15.2. The average Bonchev–Trinajstić information content (AvgIpc) is 2.46. The predicted octanol–water partition coefficient (Wildman–Crippen LogP) is 2.83. The maximum atomic E-state index is 11.2. The number of pyridine rings is 1. The van der Waals surface area contributed by atoms with E-state index in [2.05, 4.69) is 11.1 Å². The lowest BCUT2D eigenvalue weighted by molar-refractivity contribution is 0.101. The Morgan fingerprint density at radius 1 is 1.26 bits per heavy atom. The van der Waals surface area contributed by atoms with Gasteiger partial charge < -0.3 is 4.74 Å². The Bertz CT molecular complexity index is 655. The van der Waals surface area contributed by atoms with Crippen LogP contribution in [-0.2, 0) is 0 Å². The lowest BCUT2D eigenvalue weighted by atomic mass is 10.00. The molecule has 0 bridgehead atoms. The van der Waals surface area contributed by atoms with E-state index in [1.165, 1.54) is 14.0 Å². The average molecular weight is 252 g/mol. The van der Waals surface area contributed by atoms with Crippen molar-refractivity contribution in [2.75, 3.05) is 7.11 Å². The molecule has 0 atom stereocenters. The van der Waals surface area contributed by atoms with Gasteiger partial charge in [0, 0.05) is 17.3 Å². The van der Waals surface area contributed by atoms with E-state index in [0.29, 0.717) is 17.0 Å². The number of carbonyl (C=O) groups excluding carboxylic acids is 1. The van der Waals surface area contributed by atoms with Crippen LogP contribution in [0.25, 0.3) is 11.1 Å². The first kappa shape index (κ1) is 12.8. The standard InChI is InChI=1S/C15H12N2O2/c1-10(18)11-3-5-12(6-4-11)13-7-8-17-15(19-2)14(13)9-16/h3-8H,1-2H3. The van der Waals surface area contributed by atoms with Crippen LogP contribution in [-0.4, -0.2) is 17.9 Å². The summed E-state index contributed by atoms with van der Waals surface area (Å²) in [5, 5.41) is 9.21. The molecule has 0 aliphatic carbocycles. The van der Waals surface area contributed by atoms with Crippen LogP contribution < -0.4 is 4.74 Å². The number of hydrogen-bond donors (Lipinski definition) is 0. The number of carbonyl (C=O) groups is 1. The molecule has 2 rings (SSSR count). The molecule has 2 aromatic rings. The molecule has 0 aliphatic rings. The number of aromatic nitrogens is 1. The van der Waals surface area contributed by atoms with E-state index >= 15 is 0 Å². The number of nitrogens with zero attached hydrogens (tertiary/aromatic N) is 2. The molecular formula is C15H12N2O2. The summed E-state index contributed by atoms with van der Waals surface area (Å²) in [6.45, 7) is 1.52. The van der Waals surface area contributed by atoms with E-state index in [4.69, 9.17) is 4.74 Å². The Kier molecular flexibility index (Phi) is 3.58. The van der Waals surface area contributed by atoms with E-state index in [0.717, 1.165) is 11.1 Å². The summed E-state index contributed by atoms with van der Waals surface area (Å²) in [5.41, 5.74) is 2.62. The van der Waals surface area contributed by atoms with Crippen LogP contribution in [0, 0.1) is 11.3 Å². The summed E-state index contributed by atoms with van der Waals surface area (Å²) in [6.07, 6.45) is 1.59. The van der Waals surface area contributed by atoms with Gasteiger partial charge in [0.15, 0.2) is 5.78 Å². The summed E-state index contributed by atoms with van der Waals surface area (Å²) >= 11 is 0. The van der Waals surface area contributed by atoms with Crippen molar-refractivity contribution in [2.45, 2.75) is 6.92 Å². The number of rotatable bonds is 3. The van der Waals surface area contributed by atoms with Gasteiger partial charge in [0.25, 0.3) is 0 Å². The number of ether oxygens (including phenoxy) is 1. The second-order valence-electron chi connectivity index (χ2n) is 3.99. The Morgan fingerprint density at radius 3 is 2.47 bits per heavy atom. The minimum Gasteiger partial charge on any atom is -0.480 e. The van der Waals surface area contributed by atoms with Crippen molar-refractivity contribution < 1.29 is 9.53 Å². The summed E-state index contributed by atoms with van der Waals surface area (Å²) in [5.74, 6) is 0.315.